The first-order valence-electron chi connectivity index (χ1n) is 11.6. The van der Waals surface area contributed by atoms with E-state index in [4.69, 9.17) is 4.74 Å². The van der Waals surface area contributed by atoms with Crippen molar-refractivity contribution in [2.24, 2.45) is 0 Å². The summed E-state index contributed by atoms with van der Waals surface area (Å²) in [6.07, 6.45) is 0. The van der Waals surface area contributed by atoms with Crippen molar-refractivity contribution in [2.45, 2.75) is 31.3 Å². The van der Waals surface area contributed by atoms with Crippen LogP contribution in [0.15, 0.2) is 82.2 Å². The van der Waals surface area contributed by atoms with Crippen molar-refractivity contribution in [3.05, 3.63) is 88.4 Å². The number of rotatable bonds is 10. The number of aryl methyl sites for hydroxylation is 1. The zero-order valence-electron chi connectivity index (χ0n) is 21.1. The average molecular weight is 589 g/mol. The van der Waals surface area contributed by atoms with Gasteiger partial charge in [-0.05, 0) is 55.8 Å². The van der Waals surface area contributed by atoms with Gasteiger partial charge < -0.3 is 15.0 Å². The lowest BCUT2D eigenvalue weighted by molar-refractivity contribution is -0.139. The van der Waals surface area contributed by atoms with E-state index in [0.717, 1.165) is 19.9 Å². The average Bonchev–Trinajstić information content (AvgIpc) is 2.90. The number of carbonyl (C=O) groups is 2. The molecule has 0 fully saturated rings. The number of carbonyl (C=O) groups excluding carboxylic acids is 2. The summed E-state index contributed by atoms with van der Waals surface area (Å²) in [7, 11) is -1.16. The first-order chi connectivity index (χ1) is 17.6. The summed E-state index contributed by atoms with van der Waals surface area (Å²) in [6.45, 7) is 3.08. The first kappa shape index (κ1) is 28.2. The van der Waals surface area contributed by atoms with Gasteiger partial charge in [-0.15, -0.1) is 0 Å². The predicted octanol–water partition coefficient (Wildman–Crippen LogP) is 4.12. The maximum atomic E-state index is 13.8. The van der Waals surface area contributed by atoms with E-state index in [1.807, 2.05) is 31.2 Å². The van der Waals surface area contributed by atoms with Crippen LogP contribution in [0.25, 0.3) is 0 Å². The number of methoxy groups -OCH3 is 1. The highest BCUT2D eigenvalue weighted by molar-refractivity contribution is 9.10. The fourth-order valence-corrected chi connectivity index (χ4v) is 5.38. The summed E-state index contributed by atoms with van der Waals surface area (Å²) >= 11 is 3.39. The molecule has 3 aromatic carbocycles. The molecule has 3 aromatic rings. The normalized spacial score (nSPS) is 11.9. The molecule has 0 saturated carbocycles. The molecule has 1 atom stereocenters. The molecule has 0 aliphatic carbocycles. The monoisotopic (exact) mass is 587 g/mol. The van der Waals surface area contributed by atoms with Crippen LogP contribution in [0.2, 0.25) is 0 Å². The molecular formula is C27H30BrN3O5S. The van der Waals surface area contributed by atoms with Gasteiger partial charge in [0.15, 0.2) is 0 Å². The van der Waals surface area contributed by atoms with E-state index in [2.05, 4.69) is 21.2 Å². The predicted molar refractivity (Wildman–Crippen MR) is 147 cm³/mol. The Balaban J connectivity index is 2.04. The highest BCUT2D eigenvalue weighted by Crippen LogP contribution is 2.28. The van der Waals surface area contributed by atoms with Crippen LogP contribution < -0.4 is 14.4 Å². The van der Waals surface area contributed by atoms with Crippen LogP contribution in [0.5, 0.6) is 5.75 Å². The summed E-state index contributed by atoms with van der Waals surface area (Å²) in [5.41, 5.74) is 1.97. The molecule has 196 valence electrons. The summed E-state index contributed by atoms with van der Waals surface area (Å²) in [5, 5.41) is 2.57. The smallest absolute Gasteiger partial charge is 0.264 e. The molecule has 0 saturated heterocycles. The largest absolute Gasteiger partial charge is 0.497 e. The molecule has 0 heterocycles. The van der Waals surface area contributed by atoms with Crippen molar-refractivity contribution in [1.29, 1.82) is 0 Å². The SMILES string of the molecule is CNC(=O)[C@@H](C)N(Cc1ccc(Br)cc1)C(=O)CN(c1cccc(OC)c1)S(=O)(=O)c1ccc(C)cc1. The lowest BCUT2D eigenvalue weighted by atomic mass is 10.1. The topological polar surface area (TPSA) is 96.0 Å². The van der Waals surface area contributed by atoms with E-state index in [1.54, 1.807) is 43.3 Å². The lowest BCUT2D eigenvalue weighted by Crippen LogP contribution is -2.50. The molecule has 0 aromatic heterocycles. The van der Waals surface area contributed by atoms with E-state index >= 15 is 0 Å². The number of anilines is 1. The first-order valence-corrected chi connectivity index (χ1v) is 13.8. The Labute approximate surface area is 226 Å². The minimum atomic E-state index is -4.13. The van der Waals surface area contributed by atoms with Gasteiger partial charge in [0.2, 0.25) is 11.8 Å². The van der Waals surface area contributed by atoms with E-state index < -0.39 is 28.5 Å². The third-order valence-corrected chi connectivity index (χ3v) is 8.23. The van der Waals surface area contributed by atoms with Crippen LogP contribution in [0.4, 0.5) is 5.69 Å². The Bertz CT molecular complexity index is 1350. The number of nitrogens with zero attached hydrogens (tertiary/aromatic N) is 2. The summed E-state index contributed by atoms with van der Waals surface area (Å²) in [5.74, 6) is -0.447. The van der Waals surface area contributed by atoms with E-state index in [-0.39, 0.29) is 23.0 Å². The van der Waals surface area contributed by atoms with Gasteiger partial charge in [0.25, 0.3) is 10.0 Å². The van der Waals surface area contributed by atoms with Crippen LogP contribution in [0.3, 0.4) is 0 Å². The number of amides is 2. The third kappa shape index (κ3) is 6.90. The van der Waals surface area contributed by atoms with E-state index in [1.165, 1.54) is 31.2 Å². The maximum absolute atomic E-state index is 13.8. The Morgan fingerprint density at radius 2 is 1.68 bits per heavy atom. The van der Waals surface area contributed by atoms with Gasteiger partial charge in [-0.2, -0.15) is 0 Å². The van der Waals surface area contributed by atoms with E-state index in [0.29, 0.717) is 5.75 Å². The molecule has 0 aliphatic heterocycles. The van der Waals surface area contributed by atoms with Gasteiger partial charge in [0.1, 0.15) is 18.3 Å². The molecule has 3 rings (SSSR count). The van der Waals surface area contributed by atoms with Gasteiger partial charge in [-0.1, -0.05) is 51.8 Å². The maximum Gasteiger partial charge on any atom is 0.264 e. The van der Waals surface area contributed by atoms with Crippen molar-refractivity contribution < 1.29 is 22.7 Å². The standard InChI is InChI=1S/C27H30BrN3O5S/c1-19-8-14-25(15-9-19)37(34,35)31(23-6-5-7-24(16-23)36-4)18-26(32)30(20(2)27(33)29-3)17-21-10-12-22(28)13-11-21/h5-16,20H,17-18H2,1-4H3,(H,29,33)/t20-/m1/s1. The summed E-state index contributed by atoms with van der Waals surface area (Å²) < 4.78 is 34.8. The molecule has 0 bridgehead atoms. The van der Waals surface area contributed by atoms with Crippen LogP contribution in [0.1, 0.15) is 18.1 Å². The van der Waals surface area contributed by atoms with Gasteiger partial charge in [-0.25, -0.2) is 8.42 Å². The summed E-state index contributed by atoms with van der Waals surface area (Å²) in [4.78, 5) is 27.7. The third-order valence-electron chi connectivity index (χ3n) is 5.91. The van der Waals surface area contributed by atoms with Crippen LogP contribution in [0, 0.1) is 6.92 Å². The van der Waals surface area contributed by atoms with Gasteiger partial charge >= 0.3 is 0 Å². The van der Waals surface area contributed by atoms with Crippen molar-refractivity contribution in [3.63, 3.8) is 0 Å². The fourth-order valence-electron chi connectivity index (χ4n) is 3.71. The number of hydrogen-bond donors (Lipinski definition) is 1. The molecule has 0 radical (unpaired) electrons. The Morgan fingerprint density at radius 1 is 1.03 bits per heavy atom. The van der Waals surface area contributed by atoms with Crippen LogP contribution >= 0.6 is 15.9 Å². The molecular weight excluding hydrogens is 558 g/mol. The second kappa shape index (κ2) is 12.2. The Hall–Kier alpha value is -3.37. The molecule has 0 aliphatic rings. The highest BCUT2D eigenvalue weighted by atomic mass is 79.9. The number of ether oxygens (including phenoxy) is 1. The lowest BCUT2D eigenvalue weighted by Gasteiger charge is -2.32. The molecule has 8 nitrogen and oxygen atoms in total. The van der Waals surface area contributed by atoms with Gasteiger partial charge in [-0.3, -0.25) is 13.9 Å². The van der Waals surface area contributed by atoms with E-state index in [9.17, 15) is 18.0 Å². The number of nitrogens with one attached hydrogen (secondary N) is 1. The minimum Gasteiger partial charge on any atom is -0.497 e. The zero-order valence-corrected chi connectivity index (χ0v) is 23.5. The Morgan fingerprint density at radius 3 is 2.27 bits per heavy atom. The van der Waals surface area contributed by atoms with Gasteiger partial charge in [0.05, 0.1) is 17.7 Å². The number of benzene rings is 3. The number of halogens is 1. The zero-order chi connectivity index (χ0) is 27.2. The molecule has 1 N–H and O–H groups in total. The van der Waals surface area contributed by atoms with Crippen LogP contribution in [-0.4, -0.2) is 51.9 Å². The quantitative estimate of drug-likeness (QED) is 0.385. The van der Waals surface area contributed by atoms with Crippen molar-refractivity contribution >= 4 is 43.5 Å². The second-order valence-corrected chi connectivity index (χ2v) is 11.2. The Kier molecular flexibility index (Phi) is 9.34. The molecule has 0 spiro atoms. The molecule has 37 heavy (non-hydrogen) atoms. The fraction of sp³-hybridized carbons (Fsp3) is 0.259. The molecule has 0 unspecified atom stereocenters. The highest BCUT2D eigenvalue weighted by Gasteiger charge is 2.32. The van der Waals surface area contributed by atoms with Crippen molar-refractivity contribution in [1.82, 2.24) is 10.2 Å². The summed E-state index contributed by atoms with van der Waals surface area (Å²) in [6, 6.07) is 19.4. The number of sulfonamides is 1. The van der Waals surface area contributed by atoms with Crippen LogP contribution in [-0.2, 0) is 26.2 Å². The second-order valence-electron chi connectivity index (χ2n) is 8.46. The van der Waals surface area contributed by atoms with Gasteiger partial charge in [0, 0.05) is 24.1 Å². The minimum absolute atomic E-state index is 0.0486. The van der Waals surface area contributed by atoms with Crippen molar-refractivity contribution in [3.8, 4) is 5.75 Å². The molecule has 10 heteroatoms. The van der Waals surface area contributed by atoms with Crippen molar-refractivity contribution in [2.75, 3.05) is 25.0 Å². The number of likely N-dealkylation sites (N-methyl/N-ethyl adjacent to an activating group) is 1. The molecule has 2 amide bonds. The number of hydrogen-bond acceptors (Lipinski definition) is 5.